The Kier molecular flexibility index (Phi) is 6.51. The van der Waals surface area contributed by atoms with Crippen molar-refractivity contribution < 1.29 is 22.6 Å². The highest BCUT2D eigenvalue weighted by atomic mass is 19.4. The van der Waals surface area contributed by atoms with E-state index in [1.165, 1.54) is 21.7 Å². The maximum atomic E-state index is 14.0. The number of alkyl halides is 3. The lowest BCUT2D eigenvalue weighted by Gasteiger charge is -2.40. The van der Waals surface area contributed by atoms with Crippen molar-refractivity contribution in [3.63, 3.8) is 0 Å². The van der Waals surface area contributed by atoms with Gasteiger partial charge in [-0.15, -0.1) is 0 Å². The van der Waals surface area contributed by atoms with Crippen LogP contribution in [-0.2, 0) is 17.8 Å². The Hall–Kier alpha value is -2.82. The van der Waals surface area contributed by atoms with Crippen LogP contribution in [0.1, 0.15) is 32.8 Å². The third kappa shape index (κ3) is 5.07. The summed E-state index contributed by atoms with van der Waals surface area (Å²) >= 11 is 0. The first-order valence-corrected chi connectivity index (χ1v) is 11.0. The van der Waals surface area contributed by atoms with Crippen molar-refractivity contribution in [3.05, 3.63) is 40.3 Å². The van der Waals surface area contributed by atoms with Crippen LogP contribution in [0.25, 0.3) is 0 Å². The first kappa shape index (κ1) is 23.3. The van der Waals surface area contributed by atoms with Gasteiger partial charge < -0.3 is 19.3 Å². The Balaban J connectivity index is 1.75. The van der Waals surface area contributed by atoms with Crippen molar-refractivity contribution in [2.75, 3.05) is 29.6 Å². The molecule has 0 amide bonds. The van der Waals surface area contributed by atoms with Crippen LogP contribution in [0.2, 0.25) is 0 Å². The number of aromatic nitrogens is 3. The predicted octanol–water partition coefficient (Wildman–Crippen LogP) is 2.99. The number of hydrogen-bond acceptors (Lipinski definition) is 7. The van der Waals surface area contributed by atoms with Crippen LogP contribution in [-0.4, -0.2) is 58.7 Å². The van der Waals surface area contributed by atoms with Gasteiger partial charge in [-0.25, -0.2) is 4.98 Å². The normalized spacial score (nSPS) is 21.3. The average Bonchev–Trinajstić information content (AvgIpc) is 2.73. The van der Waals surface area contributed by atoms with Gasteiger partial charge in [0, 0.05) is 38.0 Å². The molecule has 180 valence electrons. The van der Waals surface area contributed by atoms with Crippen molar-refractivity contribution in [2.45, 2.75) is 64.6 Å². The van der Waals surface area contributed by atoms with E-state index in [0.717, 1.165) is 0 Å². The molecule has 0 unspecified atom stereocenters. The summed E-state index contributed by atoms with van der Waals surface area (Å²) in [6.45, 7) is 6.94. The molecule has 0 spiro atoms. The van der Waals surface area contributed by atoms with Crippen molar-refractivity contribution in [1.82, 2.24) is 14.5 Å². The molecule has 0 aliphatic carbocycles. The maximum Gasteiger partial charge on any atom is 0.408 e. The Bertz CT molecular complexity index is 1040. The molecular weight excluding hydrogens is 439 g/mol. The predicted molar refractivity (Wildman–Crippen MR) is 117 cm³/mol. The van der Waals surface area contributed by atoms with E-state index in [0.29, 0.717) is 37.0 Å². The molecule has 4 heterocycles. The molecule has 33 heavy (non-hydrogen) atoms. The summed E-state index contributed by atoms with van der Waals surface area (Å²) in [5, 5.41) is 0. The van der Waals surface area contributed by atoms with Crippen molar-refractivity contribution >= 4 is 11.8 Å². The molecule has 0 radical (unpaired) electrons. The number of hydrogen-bond donors (Lipinski definition) is 0. The summed E-state index contributed by atoms with van der Waals surface area (Å²) in [6, 6.07) is 2.87. The molecule has 0 bridgehead atoms. The van der Waals surface area contributed by atoms with Crippen LogP contribution in [0.5, 0.6) is 5.88 Å². The van der Waals surface area contributed by atoms with Crippen LogP contribution < -0.4 is 20.1 Å². The van der Waals surface area contributed by atoms with E-state index in [-0.39, 0.29) is 43.2 Å². The molecule has 0 N–H and O–H groups in total. The molecule has 2 aliphatic heterocycles. The Morgan fingerprint density at radius 3 is 2.76 bits per heavy atom. The summed E-state index contributed by atoms with van der Waals surface area (Å²) in [5.41, 5.74) is 0.223. The number of anilines is 2. The molecule has 2 aliphatic rings. The molecule has 4 rings (SSSR count). The first-order chi connectivity index (χ1) is 15.6. The van der Waals surface area contributed by atoms with Gasteiger partial charge in [-0.05, 0) is 38.8 Å². The molecule has 11 heteroatoms. The molecule has 2 atom stereocenters. The fraction of sp³-hybridized carbons (Fsp3) is 0.591. The van der Waals surface area contributed by atoms with Gasteiger partial charge >= 0.3 is 6.18 Å². The molecule has 1 fully saturated rings. The van der Waals surface area contributed by atoms with Gasteiger partial charge in [0.25, 0.3) is 5.56 Å². The van der Waals surface area contributed by atoms with E-state index < -0.39 is 12.2 Å². The minimum absolute atomic E-state index is 0.0212. The Morgan fingerprint density at radius 2 is 2.06 bits per heavy atom. The molecule has 0 saturated carbocycles. The van der Waals surface area contributed by atoms with Crippen molar-refractivity contribution in [2.24, 2.45) is 0 Å². The number of halogens is 3. The molecule has 1 saturated heterocycles. The van der Waals surface area contributed by atoms with Gasteiger partial charge in [0.2, 0.25) is 11.8 Å². The van der Waals surface area contributed by atoms with Crippen LogP contribution in [0.15, 0.2) is 29.2 Å². The van der Waals surface area contributed by atoms with Crippen LogP contribution in [0.4, 0.5) is 24.9 Å². The zero-order valence-electron chi connectivity index (χ0n) is 18.9. The second-order valence-corrected chi connectivity index (χ2v) is 8.66. The highest BCUT2D eigenvalue weighted by molar-refractivity contribution is 5.48. The van der Waals surface area contributed by atoms with Crippen molar-refractivity contribution in [3.8, 4) is 5.88 Å². The lowest BCUT2D eigenvalue weighted by molar-refractivity contribution is -0.153. The van der Waals surface area contributed by atoms with Gasteiger partial charge in [-0.1, -0.05) is 0 Å². The Morgan fingerprint density at radius 1 is 1.27 bits per heavy atom. The van der Waals surface area contributed by atoms with Gasteiger partial charge in [0.1, 0.15) is 11.9 Å². The standard InChI is InChI=1S/C22H28F3N5O3/c1-14(2)33-19-10-16(4-6-26-19)12-30-17(22(23,24)25)5-7-29-20(31)11-18(27-21(29)30)28-8-9-32-13-15(28)3/h4,6,10-11,14-15,17H,5,7-9,12-13H2,1-3H3/t15-,17+/m1/s1. The van der Waals surface area contributed by atoms with Gasteiger partial charge in [-0.2, -0.15) is 18.2 Å². The van der Waals surface area contributed by atoms with Gasteiger partial charge in [-0.3, -0.25) is 9.36 Å². The number of fused-ring (bicyclic) bond motifs is 1. The molecule has 0 aromatic carbocycles. The number of nitrogens with zero attached hydrogens (tertiary/aromatic N) is 5. The Labute approximate surface area is 189 Å². The van der Waals surface area contributed by atoms with Crippen LogP contribution in [0, 0.1) is 0 Å². The molecule has 8 nitrogen and oxygen atoms in total. The number of pyridine rings is 1. The van der Waals surface area contributed by atoms with Crippen LogP contribution >= 0.6 is 0 Å². The first-order valence-electron chi connectivity index (χ1n) is 11.0. The molecular formula is C22H28F3N5O3. The zero-order valence-corrected chi connectivity index (χ0v) is 18.9. The third-order valence-corrected chi connectivity index (χ3v) is 5.78. The number of rotatable bonds is 5. The summed E-state index contributed by atoms with van der Waals surface area (Å²) < 4.78 is 54.5. The highest BCUT2D eigenvalue weighted by Gasteiger charge is 2.47. The zero-order chi connectivity index (χ0) is 23.8. The third-order valence-electron chi connectivity index (χ3n) is 5.78. The molecule has 2 aromatic heterocycles. The van der Waals surface area contributed by atoms with E-state index in [2.05, 4.69) is 9.97 Å². The topological polar surface area (TPSA) is 72.7 Å². The number of morpholine rings is 1. The van der Waals surface area contributed by atoms with Gasteiger partial charge in [0.15, 0.2) is 0 Å². The fourth-order valence-corrected chi connectivity index (χ4v) is 4.25. The lowest BCUT2D eigenvalue weighted by atomic mass is 10.1. The molecule has 2 aromatic rings. The van der Waals surface area contributed by atoms with Gasteiger partial charge in [0.05, 0.1) is 25.4 Å². The average molecular weight is 467 g/mol. The van der Waals surface area contributed by atoms with Crippen molar-refractivity contribution in [1.29, 1.82) is 0 Å². The summed E-state index contributed by atoms with van der Waals surface area (Å²) in [4.78, 5) is 24.7. The second-order valence-electron chi connectivity index (χ2n) is 8.66. The quantitative estimate of drug-likeness (QED) is 0.670. The van der Waals surface area contributed by atoms with E-state index in [1.807, 2.05) is 25.7 Å². The van der Waals surface area contributed by atoms with E-state index in [9.17, 15) is 18.0 Å². The monoisotopic (exact) mass is 467 g/mol. The summed E-state index contributed by atoms with van der Waals surface area (Å²) in [7, 11) is 0. The smallest absolute Gasteiger partial charge is 0.408 e. The van der Waals surface area contributed by atoms with E-state index >= 15 is 0 Å². The largest absolute Gasteiger partial charge is 0.475 e. The maximum absolute atomic E-state index is 14.0. The fourth-order valence-electron chi connectivity index (χ4n) is 4.25. The van der Waals surface area contributed by atoms with E-state index in [4.69, 9.17) is 9.47 Å². The summed E-state index contributed by atoms with van der Waals surface area (Å²) in [6.07, 6.45) is -3.32. The summed E-state index contributed by atoms with van der Waals surface area (Å²) in [5.74, 6) is 0.727. The second kappa shape index (κ2) is 9.20. The minimum atomic E-state index is -4.48. The highest BCUT2D eigenvalue weighted by Crippen LogP contribution is 2.35. The number of ether oxygens (including phenoxy) is 2. The SMILES string of the molecule is CC(C)Oc1cc(CN2c3nc(N4CCOC[C@H]4C)cc(=O)n3CC[C@H]2C(F)(F)F)ccn1. The lowest BCUT2D eigenvalue weighted by Crippen LogP contribution is -2.52. The minimum Gasteiger partial charge on any atom is -0.475 e. The van der Waals surface area contributed by atoms with E-state index in [1.54, 1.807) is 12.1 Å². The van der Waals surface area contributed by atoms with Crippen LogP contribution in [0.3, 0.4) is 0 Å².